The summed E-state index contributed by atoms with van der Waals surface area (Å²) in [6.07, 6.45) is 0. The molecule has 0 aliphatic heterocycles. The molecule has 3 heteroatoms. The SMILES string of the molecule is Bc1ccc(OC)cc1C(=C)O. The van der Waals surface area contributed by atoms with E-state index in [1.54, 1.807) is 13.2 Å². The number of benzene rings is 1. The first-order chi connectivity index (χ1) is 5.65. The Bertz CT molecular complexity index is 307. The third-order valence-electron chi connectivity index (χ3n) is 1.76. The Kier molecular flexibility index (Phi) is 2.43. The number of methoxy groups -OCH3 is 1. The Hall–Kier alpha value is -1.38. The molecule has 1 aromatic carbocycles. The van der Waals surface area contributed by atoms with E-state index in [0.717, 1.165) is 16.8 Å². The molecule has 0 fully saturated rings. The molecule has 0 heterocycles. The molecular formula is C9H11BO2. The van der Waals surface area contributed by atoms with Crippen molar-refractivity contribution in [1.29, 1.82) is 0 Å². The molecule has 0 spiro atoms. The van der Waals surface area contributed by atoms with Crippen molar-refractivity contribution >= 4 is 19.1 Å². The third kappa shape index (κ3) is 1.61. The van der Waals surface area contributed by atoms with E-state index in [2.05, 4.69) is 6.58 Å². The lowest BCUT2D eigenvalue weighted by Crippen LogP contribution is -2.08. The predicted molar refractivity (Wildman–Crippen MR) is 52.8 cm³/mol. The van der Waals surface area contributed by atoms with Crippen LogP contribution in [0.1, 0.15) is 5.56 Å². The zero-order valence-corrected chi connectivity index (χ0v) is 7.29. The van der Waals surface area contributed by atoms with Gasteiger partial charge < -0.3 is 9.84 Å². The van der Waals surface area contributed by atoms with Gasteiger partial charge in [-0.25, -0.2) is 0 Å². The Morgan fingerprint density at radius 3 is 2.75 bits per heavy atom. The van der Waals surface area contributed by atoms with Crippen LogP contribution in [0.15, 0.2) is 24.8 Å². The van der Waals surface area contributed by atoms with E-state index >= 15 is 0 Å². The molecule has 0 saturated heterocycles. The molecule has 12 heavy (non-hydrogen) atoms. The Labute approximate surface area is 72.9 Å². The van der Waals surface area contributed by atoms with E-state index in [1.807, 2.05) is 20.0 Å². The number of aliphatic hydroxyl groups is 1. The molecule has 0 saturated carbocycles. The molecule has 0 bridgehead atoms. The number of aliphatic hydroxyl groups excluding tert-OH is 1. The maximum Gasteiger partial charge on any atom is 0.140 e. The van der Waals surface area contributed by atoms with Gasteiger partial charge in [-0.1, -0.05) is 18.1 Å². The first-order valence-corrected chi connectivity index (χ1v) is 3.68. The van der Waals surface area contributed by atoms with Gasteiger partial charge in [0, 0.05) is 5.56 Å². The Morgan fingerprint density at radius 2 is 2.25 bits per heavy atom. The van der Waals surface area contributed by atoms with Gasteiger partial charge in [0.25, 0.3) is 0 Å². The summed E-state index contributed by atoms with van der Waals surface area (Å²) in [4.78, 5) is 0. The maximum absolute atomic E-state index is 9.17. The largest absolute Gasteiger partial charge is 0.508 e. The molecule has 0 radical (unpaired) electrons. The summed E-state index contributed by atoms with van der Waals surface area (Å²) in [7, 11) is 3.50. The number of hydrogen-bond donors (Lipinski definition) is 1. The van der Waals surface area contributed by atoms with Crippen molar-refractivity contribution in [3.63, 3.8) is 0 Å². The minimum absolute atomic E-state index is 0.0754. The first kappa shape index (κ1) is 8.72. The second-order valence-electron chi connectivity index (χ2n) is 2.63. The van der Waals surface area contributed by atoms with Gasteiger partial charge in [-0.2, -0.15) is 0 Å². The zero-order chi connectivity index (χ0) is 9.14. The zero-order valence-electron chi connectivity index (χ0n) is 7.29. The van der Waals surface area contributed by atoms with Crippen molar-refractivity contribution in [3.8, 4) is 5.75 Å². The molecule has 1 aromatic rings. The van der Waals surface area contributed by atoms with Crippen LogP contribution in [0.3, 0.4) is 0 Å². The van der Waals surface area contributed by atoms with E-state index in [0.29, 0.717) is 0 Å². The van der Waals surface area contributed by atoms with E-state index in [-0.39, 0.29) is 5.76 Å². The summed E-state index contributed by atoms with van der Waals surface area (Å²) >= 11 is 0. The Balaban J connectivity index is 3.17. The monoisotopic (exact) mass is 162 g/mol. The fourth-order valence-corrected chi connectivity index (χ4v) is 1.04. The van der Waals surface area contributed by atoms with Crippen molar-refractivity contribution in [1.82, 2.24) is 0 Å². The topological polar surface area (TPSA) is 29.5 Å². The van der Waals surface area contributed by atoms with Gasteiger partial charge in [0.1, 0.15) is 19.4 Å². The maximum atomic E-state index is 9.17. The van der Waals surface area contributed by atoms with Crippen LogP contribution in [0.4, 0.5) is 0 Å². The van der Waals surface area contributed by atoms with Gasteiger partial charge in [-0.05, 0) is 12.1 Å². The average Bonchev–Trinajstić information content (AvgIpc) is 2.05. The molecule has 1 rings (SSSR count). The highest BCUT2D eigenvalue weighted by molar-refractivity contribution is 6.34. The summed E-state index contributed by atoms with van der Waals surface area (Å²) in [5.41, 5.74) is 1.72. The summed E-state index contributed by atoms with van der Waals surface area (Å²) in [6.45, 7) is 3.46. The van der Waals surface area contributed by atoms with E-state index in [9.17, 15) is 5.11 Å². The minimum Gasteiger partial charge on any atom is -0.508 e. The fraction of sp³-hybridized carbons (Fsp3) is 0.111. The second-order valence-corrected chi connectivity index (χ2v) is 2.63. The summed E-state index contributed by atoms with van der Waals surface area (Å²) in [5, 5.41) is 9.17. The molecule has 0 unspecified atom stereocenters. The Morgan fingerprint density at radius 1 is 1.58 bits per heavy atom. The van der Waals surface area contributed by atoms with Crippen LogP contribution in [-0.2, 0) is 0 Å². The molecule has 0 aliphatic carbocycles. The van der Waals surface area contributed by atoms with Crippen LogP contribution in [0.2, 0.25) is 0 Å². The highest BCUT2D eigenvalue weighted by atomic mass is 16.5. The number of rotatable bonds is 2. The highest BCUT2D eigenvalue weighted by Gasteiger charge is 2.02. The van der Waals surface area contributed by atoms with Crippen LogP contribution < -0.4 is 10.2 Å². The van der Waals surface area contributed by atoms with Gasteiger partial charge >= 0.3 is 0 Å². The van der Waals surface area contributed by atoms with Gasteiger partial charge in [-0.15, -0.1) is 0 Å². The van der Waals surface area contributed by atoms with Crippen molar-refractivity contribution in [3.05, 3.63) is 30.3 Å². The van der Waals surface area contributed by atoms with Crippen molar-refractivity contribution in [2.75, 3.05) is 7.11 Å². The molecule has 2 nitrogen and oxygen atoms in total. The van der Waals surface area contributed by atoms with Crippen molar-refractivity contribution < 1.29 is 9.84 Å². The lowest BCUT2D eigenvalue weighted by molar-refractivity contribution is 0.414. The summed E-state index contributed by atoms with van der Waals surface area (Å²) < 4.78 is 5.01. The third-order valence-corrected chi connectivity index (χ3v) is 1.76. The average molecular weight is 162 g/mol. The van der Waals surface area contributed by atoms with E-state index in [4.69, 9.17) is 4.74 Å². The normalized spacial score (nSPS) is 9.42. The fourth-order valence-electron chi connectivity index (χ4n) is 1.04. The quantitative estimate of drug-likeness (QED) is 0.506. The lowest BCUT2D eigenvalue weighted by atomic mass is 9.90. The van der Waals surface area contributed by atoms with E-state index in [1.165, 1.54) is 0 Å². The second kappa shape index (κ2) is 3.35. The smallest absolute Gasteiger partial charge is 0.140 e. The highest BCUT2D eigenvalue weighted by Crippen LogP contribution is 2.14. The first-order valence-electron chi connectivity index (χ1n) is 3.68. The molecular weight excluding hydrogens is 151 g/mol. The van der Waals surface area contributed by atoms with Crippen LogP contribution in [0.5, 0.6) is 5.75 Å². The van der Waals surface area contributed by atoms with Gasteiger partial charge in [-0.3, -0.25) is 0 Å². The van der Waals surface area contributed by atoms with Crippen molar-refractivity contribution in [2.45, 2.75) is 0 Å². The van der Waals surface area contributed by atoms with Gasteiger partial charge in [0.2, 0.25) is 0 Å². The number of ether oxygens (including phenoxy) is 1. The van der Waals surface area contributed by atoms with Crippen LogP contribution >= 0.6 is 0 Å². The molecule has 0 amide bonds. The lowest BCUT2D eigenvalue weighted by Gasteiger charge is -2.06. The van der Waals surface area contributed by atoms with Crippen LogP contribution in [0, 0.1) is 0 Å². The molecule has 0 aliphatic rings. The van der Waals surface area contributed by atoms with E-state index < -0.39 is 0 Å². The molecule has 0 aromatic heterocycles. The van der Waals surface area contributed by atoms with Crippen molar-refractivity contribution in [2.24, 2.45) is 0 Å². The standard InChI is InChI=1S/C9H11BO2/c1-6(11)8-5-7(12-2)3-4-9(8)10/h3-5,11H,1,10H2,2H3. The van der Waals surface area contributed by atoms with Crippen LogP contribution in [-0.4, -0.2) is 20.1 Å². The van der Waals surface area contributed by atoms with Gasteiger partial charge in [0.15, 0.2) is 0 Å². The number of hydrogen-bond acceptors (Lipinski definition) is 2. The summed E-state index contributed by atoms with van der Waals surface area (Å²) in [6, 6.07) is 5.50. The summed E-state index contributed by atoms with van der Waals surface area (Å²) in [5.74, 6) is 0.803. The molecule has 1 N–H and O–H groups in total. The predicted octanol–water partition coefficient (Wildman–Crippen LogP) is 0.482. The minimum atomic E-state index is 0.0754. The molecule has 62 valence electrons. The van der Waals surface area contributed by atoms with Crippen LogP contribution in [0.25, 0.3) is 5.76 Å². The van der Waals surface area contributed by atoms with Gasteiger partial charge in [0.05, 0.1) is 7.11 Å². The molecule has 0 atom stereocenters.